The predicted octanol–water partition coefficient (Wildman–Crippen LogP) is 3.80. The lowest BCUT2D eigenvalue weighted by Gasteiger charge is -2.19. The molecule has 1 aromatic rings. The van der Waals surface area contributed by atoms with Crippen molar-refractivity contribution in [3.05, 3.63) is 35.9 Å². The Balaban J connectivity index is 2.34. The molecule has 0 saturated carbocycles. The quantitative estimate of drug-likeness (QED) is 0.418. The Bertz CT molecular complexity index is 648. The number of alkyl halides is 1. The standard InChI is InChI=1S/C19H27ClN2O6/c1-19(2,3)28-17(25)21-12-8-7-11-14(16(23)24)22-18(26)27-15(20)13-9-5-4-6-10-13/h4-6,9-10,14-15H,7-8,11-12H2,1-3H3,(H,21,25)(H,22,26)(H,23,24)/t14-,15?/m0/s1. The fraction of sp³-hybridized carbons (Fsp3) is 0.526. The molecule has 1 unspecified atom stereocenters. The third-order valence-electron chi connectivity index (χ3n) is 3.45. The Hall–Kier alpha value is -2.48. The number of hydrogen-bond acceptors (Lipinski definition) is 5. The van der Waals surface area contributed by atoms with Crippen LogP contribution in [0, 0.1) is 0 Å². The molecule has 0 fully saturated rings. The van der Waals surface area contributed by atoms with Gasteiger partial charge in [0.2, 0.25) is 5.56 Å². The monoisotopic (exact) mass is 414 g/mol. The first-order chi connectivity index (χ1) is 13.1. The molecule has 0 aliphatic carbocycles. The Labute approximate surface area is 169 Å². The molecule has 3 N–H and O–H groups in total. The van der Waals surface area contributed by atoms with Crippen LogP contribution in [0.4, 0.5) is 9.59 Å². The van der Waals surface area contributed by atoms with Crippen LogP contribution in [0.25, 0.3) is 0 Å². The van der Waals surface area contributed by atoms with Crippen LogP contribution in [0.1, 0.15) is 51.2 Å². The van der Waals surface area contributed by atoms with Crippen molar-refractivity contribution in [2.75, 3.05) is 6.54 Å². The first-order valence-electron chi connectivity index (χ1n) is 8.94. The number of rotatable bonds is 9. The topological polar surface area (TPSA) is 114 Å². The summed E-state index contributed by atoms with van der Waals surface area (Å²) in [4.78, 5) is 34.7. The van der Waals surface area contributed by atoms with Crippen LogP contribution < -0.4 is 10.6 Å². The van der Waals surface area contributed by atoms with E-state index in [0.717, 1.165) is 0 Å². The molecule has 0 spiro atoms. The maximum Gasteiger partial charge on any atom is 0.409 e. The maximum atomic E-state index is 11.9. The summed E-state index contributed by atoms with van der Waals surface area (Å²) in [6.07, 6.45) is -0.266. The highest BCUT2D eigenvalue weighted by Crippen LogP contribution is 2.21. The van der Waals surface area contributed by atoms with Gasteiger partial charge in [-0.1, -0.05) is 41.9 Å². The molecule has 0 radical (unpaired) electrons. The van der Waals surface area contributed by atoms with E-state index in [0.29, 0.717) is 24.9 Å². The van der Waals surface area contributed by atoms with Crippen molar-refractivity contribution in [1.29, 1.82) is 0 Å². The van der Waals surface area contributed by atoms with Crippen LogP contribution in [-0.2, 0) is 14.3 Å². The van der Waals surface area contributed by atoms with E-state index in [4.69, 9.17) is 21.1 Å². The van der Waals surface area contributed by atoms with Gasteiger partial charge in [0.05, 0.1) is 0 Å². The van der Waals surface area contributed by atoms with Crippen LogP contribution in [0.15, 0.2) is 30.3 Å². The second-order valence-electron chi connectivity index (χ2n) is 7.09. The number of nitrogens with one attached hydrogen (secondary N) is 2. The normalized spacial score (nSPS) is 13.1. The molecule has 0 heterocycles. The lowest BCUT2D eigenvalue weighted by molar-refractivity contribution is -0.139. The van der Waals surface area contributed by atoms with Gasteiger partial charge >= 0.3 is 18.2 Å². The number of carbonyl (C=O) groups is 3. The molecule has 0 bridgehead atoms. The number of amides is 2. The minimum atomic E-state index is -1.18. The van der Waals surface area contributed by atoms with Crippen LogP contribution in [0.3, 0.4) is 0 Å². The predicted molar refractivity (Wildman–Crippen MR) is 104 cm³/mol. The first kappa shape index (κ1) is 23.6. The van der Waals surface area contributed by atoms with Crippen molar-refractivity contribution in [3.63, 3.8) is 0 Å². The maximum absolute atomic E-state index is 11.9. The molecule has 1 rings (SSSR count). The largest absolute Gasteiger partial charge is 0.480 e. The van der Waals surface area contributed by atoms with Crippen molar-refractivity contribution in [1.82, 2.24) is 10.6 Å². The van der Waals surface area contributed by atoms with E-state index in [1.165, 1.54) is 0 Å². The van der Waals surface area contributed by atoms with E-state index >= 15 is 0 Å². The number of benzene rings is 1. The lowest BCUT2D eigenvalue weighted by atomic mass is 10.1. The van der Waals surface area contributed by atoms with Gasteiger partial charge in [-0.25, -0.2) is 14.4 Å². The van der Waals surface area contributed by atoms with Gasteiger partial charge in [0.1, 0.15) is 11.6 Å². The van der Waals surface area contributed by atoms with Gasteiger partial charge in [0.25, 0.3) is 0 Å². The van der Waals surface area contributed by atoms with Gasteiger partial charge in [-0.2, -0.15) is 0 Å². The molecule has 156 valence electrons. The van der Waals surface area contributed by atoms with Crippen molar-refractivity contribution >= 4 is 29.8 Å². The summed E-state index contributed by atoms with van der Waals surface area (Å²) in [5, 5.41) is 14.1. The minimum Gasteiger partial charge on any atom is -0.480 e. The molecule has 0 saturated heterocycles. The summed E-state index contributed by atoms with van der Waals surface area (Å²) in [5.74, 6) is -1.18. The van der Waals surface area contributed by atoms with Gasteiger partial charge < -0.3 is 25.2 Å². The number of carboxylic acids is 1. The molecule has 0 aromatic heterocycles. The van der Waals surface area contributed by atoms with E-state index in [-0.39, 0.29) is 6.42 Å². The molecule has 1 aromatic carbocycles. The molecule has 2 amide bonds. The van der Waals surface area contributed by atoms with Crippen LogP contribution in [0.2, 0.25) is 0 Å². The zero-order chi connectivity index (χ0) is 21.2. The Morgan fingerprint density at radius 3 is 2.32 bits per heavy atom. The van der Waals surface area contributed by atoms with Crippen molar-refractivity contribution < 1.29 is 29.0 Å². The van der Waals surface area contributed by atoms with Crippen molar-refractivity contribution in [3.8, 4) is 0 Å². The number of alkyl carbamates (subject to hydrolysis) is 2. The Morgan fingerprint density at radius 2 is 1.75 bits per heavy atom. The average Bonchev–Trinajstić information content (AvgIpc) is 2.59. The van der Waals surface area contributed by atoms with E-state index < -0.39 is 35.4 Å². The summed E-state index contributed by atoms with van der Waals surface area (Å²) in [6.45, 7) is 5.62. The van der Waals surface area contributed by atoms with Gasteiger partial charge in [-0.3, -0.25) is 0 Å². The molecule has 8 nitrogen and oxygen atoms in total. The summed E-state index contributed by atoms with van der Waals surface area (Å²) in [5.41, 5.74) is -1.02. The van der Waals surface area contributed by atoms with Crippen molar-refractivity contribution in [2.45, 2.75) is 57.2 Å². The third-order valence-corrected chi connectivity index (χ3v) is 3.79. The first-order valence-corrected chi connectivity index (χ1v) is 9.38. The van der Waals surface area contributed by atoms with Gasteiger partial charge in [0.15, 0.2) is 0 Å². The number of hydrogen-bond donors (Lipinski definition) is 3. The smallest absolute Gasteiger partial charge is 0.409 e. The van der Waals surface area contributed by atoms with Gasteiger partial charge in [0, 0.05) is 12.1 Å². The SMILES string of the molecule is CC(C)(C)OC(=O)NCCCC[C@H](NC(=O)OC(Cl)c1ccccc1)C(=O)O. The van der Waals surface area contributed by atoms with Crippen molar-refractivity contribution in [2.24, 2.45) is 0 Å². The molecule has 0 aliphatic rings. The number of carboxylic acid groups (broad SMARTS) is 1. The number of aliphatic carboxylic acids is 1. The van der Waals surface area contributed by atoms with Gasteiger partial charge in [-0.15, -0.1) is 0 Å². The van der Waals surface area contributed by atoms with Crippen LogP contribution >= 0.6 is 11.6 Å². The fourth-order valence-corrected chi connectivity index (χ4v) is 2.40. The number of ether oxygens (including phenoxy) is 2. The van der Waals surface area contributed by atoms with E-state index in [1.54, 1.807) is 51.1 Å². The number of unbranched alkanes of at least 4 members (excludes halogenated alkanes) is 1. The highest BCUT2D eigenvalue weighted by atomic mass is 35.5. The summed E-state index contributed by atoms with van der Waals surface area (Å²) in [7, 11) is 0. The third kappa shape index (κ3) is 10.0. The zero-order valence-corrected chi connectivity index (χ0v) is 17.0. The lowest BCUT2D eigenvalue weighted by Crippen LogP contribution is -2.41. The molecular weight excluding hydrogens is 388 g/mol. The molecule has 28 heavy (non-hydrogen) atoms. The Morgan fingerprint density at radius 1 is 1.11 bits per heavy atom. The van der Waals surface area contributed by atoms with E-state index in [1.807, 2.05) is 0 Å². The van der Waals surface area contributed by atoms with Crippen LogP contribution in [-0.4, -0.2) is 41.4 Å². The molecule has 9 heteroatoms. The number of halogens is 1. The summed E-state index contributed by atoms with van der Waals surface area (Å²) >= 11 is 6.00. The highest BCUT2D eigenvalue weighted by molar-refractivity contribution is 6.20. The summed E-state index contributed by atoms with van der Waals surface area (Å²) in [6, 6.07) is 7.56. The van der Waals surface area contributed by atoms with E-state index in [9.17, 15) is 19.5 Å². The molecular formula is C19H27ClN2O6. The number of carbonyl (C=O) groups excluding carboxylic acids is 2. The molecule has 0 aliphatic heterocycles. The summed E-state index contributed by atoms with van der Waals surface area (Å²) < 4.78 is 10.1. The Kier molecular flexibility index (Phi) is 9.58. The highest BCUT2D eigenvalue weighted by Gasteiger charge is 2.22. The zero-order valence-electron chi connectivity index (χ0n) is 16.2. The van der Waals surface area contributed by atoms with E-state index in [2.05, 4.69) is 10.6 Å². The average molecular weight is 415 g/mol. The van der Waals surface area contributed by atoms with Crippen LogP contribution in [0.5, 0.6) is 0 Å². The second kappa shape index (κ2) is 11.4. The second-order valence-corrected chi connectivity index (χ2v) is 7.49. The van der Waals surface area contributed by atoms with Gasteiger partial charge in [-0.05, 0) is 40.0 Å². The minimum absolute atomic E-state index is 0.179. The fourth-order valence-electron chi connectivity index (χ4n) is 2.18. The molecule has 2 atom stereocenters.